The lowest BCUT2D eigenvalue weighted by atomic mass is 9.81. The minimum atomic E-state index is -1.39. The summed E-state index contributed by atoms with van der Waals surface area (Å²) in [6.07, 6.45) is 0. The molecule has 1 saturated heterocycles. The van der Waals surface area contributed by atoms with Crippen LogP contribution in [0.4, 0.5) is 4.79 Å². The summed E-state index contributed by atoms with van der Waals surface area (Å²) in [5, 5.41) is 2.89. The van der Waals surface area contributed by atoms with E-state index in [4.69, 9.17) is 4.74 Å². The van der Waals surface area contributed by atoms with Crippen molar-refractivity contribution < 1.29 is 19.1 Å². The molecule has 0 aliphatic carbocycles. The minimum Gasteiger partial charge on any atom is -0.494 e. The Morgan fingerprint density at radius 3 is 2.24 bits per heavy atom. The predicted octanol–water partition coefficient (Wildman–Crippen LogP) is 4.38. The lowest BCUT2D eigenvalue weighted by Gasteiger charge is -2.28. The Bertz CT molecular complexity index is 1200. The Balaban J connectivity index is 1.69. The fraction of sp³-hybridized carbons (Fsp3) is 0.222. The third-order valence-corrected chi connectivity index (χ3v) is 6.04. The lowest BCUT2D eigenvalue weighted by molar-refractivity contribution is -0.129. The van der Waals surface area contributed by atoms with Crippen LogP contribution in [-0.4, -0.2) is 35.8 Å². The van der Waals surface area contributed by atoms with Crippen molar-refractivity contribution in [3.05, 3.63) is 101 Å². The highest BCUT2D eigenvalue weighted by molar-refractivity contribution is 6.13. The molecule has 0 spiro atoms. The van der Waals surface area contributed by atoms with Gasteiger partial charge in [0.15, 0.2) is 11.3 Å². The first-order chi connectivity index (χ1) is 15.9. The summed E-state index contributed by atoms with van der Waals surface area (Å²) in [6.45, 7) is 6.01. The number of imide groups is 1. The zero-order valence-corrected chi connectivity index (χ0v) is 18.9. The second kappa shape index (κ2) is 8.90. The smallest absolute Gasteiger partial charge is 0.325 e. The van der Waals surface area contributed by atoms with Crippen molar-refractivity contribution in [3.8, 4) is 5.75 Å². The first-order valence-electron chi connectivity index (χ1n) is 10.9. The Hall–Kier alpha value is -3.93. The van der Waals surface area contributed by atoms with E-state index < -0.39 is 17.5 Å². The molecule has 1 aliphatic heterocycles. The molecule has 6 nitrogen and oxygen atoms in total. The molecule has 168 valence electrons. The Labute approximate surface area is 193 Å². The van der Waals surface area contributed by atoms with E-state index in [1.165, 1.54) is 0 Å². The van der Waals surface area contributed by atoms with E-state index in [0.29, 0.717) is 29.0 Å². The number of benzene rings is 3. The number of aryl methyl sites for hydroxylation is 2. The third kappa shape index (κ3) is 4.00. The number of hydrogen-bond acceptors (Lipinski definition) is 4. The molecule has 1 aliphatic rings. The standard InChI is InChI=1S/C27H26N2O4/c1-4-33-23-14-11-20(12-15-23)24(30)17-29-25(31)27(28-26(29)32,21-8-6-5-7-9-21)22-13-10-18(2)19(3)16-22/h5-16H,4,17H2,1-3H3,(H,28,32)/t27-/m0/s1. The first kappa shape index (κ1) is 22.3. The van der Waals surface area contributed by atoms with E-state index in [2.05, 4.69) is 5.32 Å². The molecular weight excluding hydrogens is 416 g/mol. The van der Waals surface area contributed by atoms with Crippen LogP contribution in [0.25, 0.3) is 0 Å². The van der Waals surface area contributed by atoms with Crippen LogP contribution in [0.1, 0.15) is 39.5 Å². The number of urea groups is 1. The normalized spacial score (nSPS) is 17.7. The SMILES string of the molecule is CCOc1ccc(C(=O)CN2C(=O)N[C@@](c3ccccc3)(c3ccc(C)c(C)c3)C2=O)cc1. The van der Waals surface area contributed by atoms with Crippen molar-refractivity contribution in [2.75, 3.05) is 13.2 Å². The molecule has 1 N–H and O–H groups in total. The second-order valence-corrected chi connectivity index (χ2v) is 8.12. The van der Waals surface area contributed by atoms with E-state index >= 15 is 0 Å². The highest BCUT2D eigenvalue weighted by atomic mass is 16.5. The van der Waals surface area contributed by atoms with Crippen molar-refractivity contribution >= 4 is 17.7 Å². The van der Waals surface area contributed by atoms with Gasteiger partial charge in [-0.15, -0.1) is 0 Å². The highest BCUT2D eigenvalue weighted by Gasteiger charge is 2.54. The maximum atomic E-state index is 13.8. The van der Waals surface area contributed by atoms with Crippen LogP contribution in [0.5, 0.6) is 5.75 Å². The molecular formula is C27H26N2O4. The quantitative estimate of drug-likeness (QED) is 0.435. The summed E-state index contributed by atoms with van der Waals surface area (Å²) in [7, 11) is 0. The Morgan fingerprint density at radius 1 is 0.909 bits per heavy atom. The van der Waals surface area contributed by atoms with Crippen LogP contribution in [0.2, 0.25) is 0 Å². The number of nitrogens with one attached hydrogen (secondary N) is 1. The number of hydrogen-bond donors (Lipinski definition) is 1. The van der Waals surface area contributed by atoms with Gasteiger partial charge in [0.1, 0.15) is 5.75 Å². The maximum Gasteiger partial charge on any atom is 0.325 e. The van der Waals surface area contributed by atoms with Gasteiger partial charge in [0.05, 0.1) is 13.2 Å². The highest BCUT2D eigenvalue weighted by Crippen LogP contribution is 2.37. The van der Waals surface area contributed by atoms with Crippen molar-refractivity contribution in [2.24, 2.45) is 0 Å². The number of ketones is 1. The molecule has 1 fully saturated rings. The van der Waals surface area contributed by atoms with Gasteiger partial charge in [-0.2, -0.15) is 0 Å². The van der Waals surface area contributed by atoms with Crippen LogP contribution < -0.4 is 10.1 Å². The van der Waals surface area contributed by atoms with Gasteiger partial charge in [-0.25, -0.2) is 4.79 Å². The fourth-order valence-electron chi connectivity index (χ4n) is 4.08. The van der Waals surface area contributed by atoms with E-state index in [0.717, 1.165) is 16.0 Å². The summed E-state index contributed by atoms with van der Waals surface area (Å²) >= 11 is 0. The van der Waals surface area contributed by atoms with E-state index in [9.17, 15) is 14.4 Å². The first-order valence-corrected chi connectivity index (χ1v) is 10.9. The maximum absolute atomic E-state index is 13.8. The topological polar surface area (TPSA) is 75.7 Å². The number of carbonyl (C=O) groups excluding carboxylic acids is 3. The van der Waals surface area contributed by atoms with Gasteiger partial charge in [-0.3, -0.25) is 14.5 Å². The van der Waals surface area contributed by atoms with Gasteiger partial charge in [0.25, 0.3) is 5.91 Å². The molecule has 0 aromatic heterocycles. The predicted molar refractivity (Wildman–Crippen MR) is 125 cm³/mol. The molecule has 1 heterocycles. The molecule has 3 aromatic rings. The molecule has 0 saturated carbocycles. The lowest BCUT2D eigenvalue weighted by Crippen LogP contribution is -2.45. The number of nitrogens with zero attached hydrogens (tertiary/aromatic N) is 1. The molecule has 4 rings (SSSR count). The monoisotopic (exact) mass is 442 g/mol. The van der Waals surface area contributed by atoms with Gasteiger partial charge in [0, 0.05) is 5.56 Å². The number of carbonyl (C=O) groups is 3. The number of ether oxygens (including phenoxy) is 1. The summed E-state index contributed by atoms with van der Waals surface area (Å²) < 4.78 is 5.41. The van der Waals surface area contributed by atoms with Crippen molar-refractivity contribution in [1.82, 2.24) is 10.2 Å². The molecule has 3 aromatic carbocycles. The fourth-order valence-corrected chi connectivity index (χ4v) is 4.08. The zero-order valence-electron chi connectivity index (χ0n) is 18.9. The van der Waals surface area contributed by atoms with Crippen LogP contribution in [0.15, 0.2) is 72.8 Å². The van der Waals surface area contributed by atoms with E-state index in [1.807, 2.05) is 69.3 Å². The van der Waals surface area contributed by atoms with Gasteiger partial charge in [0.2, 0.25) is 0 Å². The summed E-state index contributed by atoms with van der Waals surface area (Å²) in [5.74, 6) is -0.145. The average Bonchev–Trinajstić information content (AvgIpc) is 3.07. The van der Waals surface area contributed by atoms with E-state index in [-0.39, 0.29) is 12.3 Å². The number of Topliss-reactive ketones (excluding diaryl/α,β-unsaturated/α-hetero) is 1. The Kier molecular flexibility index (Phi) is 6.01. The largest absolute Gasteiger partial charge is 0.494 e. The van der Waals surface area contributed by atoms with Crippen LogP contribution in [0.3, 0.4) is 0 Å². The van der Waals surface area contributed by atoms with Crippen molar-refractivity contribution in [2.45, 2.75) is 26.3 Å². The molecule has 0 radical (unpaired) electrons. The molecule has 33 heavy (non-hydrogen) atoms. The van der Waals surface area contributed by atoms with Crippen LogP contribution in [-0.2, 0) is 10.3 Å². The average molecular weight is 443 g/mol. The van der Waals surface area contributed by atoms with E-state index in [1.54, 1.807) is 24.3 Å². The number of amides is 3. The molecule has 0 unspecified atom stereocenters. The molecule has 0 bridgehead atoms. The molecule has 3 amide bonds. The molecule has 1 atom stereocenters. The molecule has 6 heteroatoms. The van der Waals surface area contributed by atoms with Gasteiger partial charge >= 0.3 is 6.03 Å². The van der Waals surface area contributed by atoms with Gasteiger partial charge in [-0.05, 0) is 67.3 Å². The van der Waals surface area contributed by atoms with Crippen molar-refractivity contribution in [1.29, 1.82) is 0 Å². The number of rotatable bonds is 7. The van der Waals surface area contributed by atoms with Gasteiger partial charge in [-0.1, -0.05) is 48.5 Å². The minimum absolute atomic E-state index is 0.328. The summed E-state index contributed by atoms with van der Waals surface area (Å²) in [4.78, 5) is 40.8. The van der Waals surface area contributed by atoms with Crippen LogP contribution in [0, 0.1) is 13.8 Å². The zero-order chi connectivity index (χ0) is 23.6. The van der Waals surface area contributed by atoms with Crippen molar-refractivity contribution in [3.63, 3.8) is 0 Å². The second-order valence-electron chi connectivity index (χ2n) is 8.12. The van der Waals surface area contributed by atoms with Gasteiger partial charge < -0.3 is 10.1 Å². The van der Waals surface area contributed by atoms with Crippen LogP contribution >= 0.6 is 0 Å². The Morgan fingerprint density at radius 2 is 1.61 bits per heavy atom. The third-order valence-electron chi connectivity index (χ3n) is 6.04. The summed E-state index contributed by atoms with van der Waals surface area (Å²) in [5.41, 5.74) is 2.40. The summed E-state index contributed by atoms with van der Waals surface area (Å²) in [6, 6.07) is 20.9.